The maximum Gasteiger partial charge on any atom is 0.252 e. The number of pyridine rings is 1. The van der Waals surface area contributed by atoms with Gasteiger partial charge in [-0.2, -0.15) is 0 Å². The zero-order valence-corrected chi connectivity index (χ0v) is 17.7. The summed E-state index contributed by atoms with van der Waals surface area (Å²) in [7, 11) is -1.70. The van der Waals surface area contributed by atoms with Gasteiger partial charge in [0, 0.05) is 25.3 Å². The molecule has 0 saturated heterocycles. The number of hydrogen-bond donors (Lipinski definition) is 2. The third-order valence-electron chi connectivity index (χ3n) is 5.23. The molecule has 0 radical (unpaired) electrons. The third-order valence-corrected chi connectivity index (χ3v) is 9.77. The predicted molar refractivity (Wildman–Crippen MR) is 109 cm³/mol. The molecule has 2 N–H and O–H groups in total. The van der Waals surface area contributed by atoms with Gasteiger partial charge < -0.3 is 14.7 Å². The minimum absolute atomic E-state index is 0.0164. The molecule has 0 spiro atoms. The highest BCUT2D eigenvalue weighted by molar-refractivity contribution is 6.74. The Morgan fingerprint density at radius 3 is 2.48 bits per heavy atom. The van der Waals surface area contributed by atoms with Crippen molar-refractivity contribution >= 4 is 19.2 Å². The summed E-state index contributed by atoms with van der Waals surface area (Å²) < 4.78 is 6.15. The van der Waals surface area contributed by atoms with E-state index in [2.05, 4.69) is 63.2 Å². The first-order valence-corrected chi connectivity index (χ1v) is 11.9. The van der Waals surface area contributed by atoms with Crippen LogP contribution >= 0.6 is 0 Å². The van der Waals surface area contributed by atoms with E-state index >= 15 is 0 Å². The van der Waals surface area contributed by atoms with E-state index in [4.69, 9.17) is 4.43 Å². The minimum atomic E-state index is -1.70. The first-order chi connectivity index (χ1) is 11.5. The minimum Gasteiger partial charge on any atom is -0.416 e. The lowest BCUT2D eigenvalue weighted by molar-refractivity contribution is 0.285. The maximum atomic E-state index is 12.3. The van der Waals surface area contributed by atoms with Crippen molar-refractivity contribution in [2.75, 3.05) is 13.2 Å². The van der Waals surface area contributed by atoms with E-state index in [-0.39, 0.29) is 10.6 Å². The standard InChI is InChI=1S/C20H32N2O2Si/c1-14-10-15(2)18-16(11-14)12-17(19(23)22-18)13-21-8-9-24-25(6,7)20(3,4)5/h10-12,21H,8-9,13H2,1-7H3,(H,22,23). The number of rotatable bonds is 6. The van der Waals surface area contributed by atoms with Crippen LogP contribution in [0.5, 0.6) is 0 Å². The molecule has 0 bridgehead atoms. The van der Waals surface area contributed by atoms with Crippen molar-refractivity contribution in [3.63, 3.8) is 0 Å². The molecule has 5 heteroatoms. The fourth-order valence-electron chi connectivity index (χ4n) is 2.68. The Hall–Kier alpha value is -1.43. The first kappa shape index (κ1) is 19.9. The largest absolute Gasteiger partial charge is 0.416 e. The summed E-state index contributed by atoms with van der Waals surface area (Å²) in [6, 6.07) is 6.20. The van der Waals surface area contributed by atoms with Crippen LogP contribution in [0.1, 0.15) is 37.5 Å². The Morgan fingerprint density at radius 1 is 1.16 bits per heavy atom. The second-order valence-electron chi connectivity index (χ2n) is 8.46. The first-order valence-electron chi connectivity index (χ1n) is 8.99. The molecule has 0 aliphatic rings. The van der Waals surface area contributed by atoms with Crippen LogP contribution in [0.3, 0.4) is 0 Å². The molecule has 1 aromatic carbocycles. The van der Waals surface area contributed by atoms with Crippen molar-refractivity contribution in [2.45, 2.75) is 59.3 Å². The van der Waals surface area contributed by atoms with Crippen LogP contribution in [-0.2, 0) is 11.0 Å². The van der Waals surface area contributed by atoms with E-state index in [9.17, 15) is 4.79 Å². The van der Waals surface area contributed by atoms with Crippen molar-refractivity contribution in [1.82, 2.24) is 10.3 Å². The van der Waals surface area contributed by atoms with Crippen molar-refractivity contribution in [1.29, 1.82) is 0 Å². The second kappa shape index (κ2) is 7.44. The van der Waals surface area contributed by atoms with Crippen molar-refractivity contribution in [2.24, 2.45) is 0 Å². The fraction of sp³-hybridized carbons (Fsp3) is 0.550. The van der Waals surface area contributed by atoms with E-state index in [1.54, 1.807) is 0 Å². The Balaban J connectivity index is 1.98. The predicted octanol–water partition coefficient (Wildman–Crippen LogP) is 4.26. The van der Waals surface area contributed by atoms with Gasteiger partial charge in [-0.3, -0.25) is 4.79 Å². The van der Waals surface area contributed by atoms with Crippen LogP contribution in [0.25, 0.3) is 10.9 Å². The Labute approximate surface area is 152 Å². The lowest BCUT2D eigenvalue weighted by Crippen LogP contribution is -2.42. The summed E-state index contributed by atoms with van der Waals surface area (Å²) >= 11 is 0. The molecule has 0 unspecified atom stereocenters. The number of benzene rings is 1. The molecule has 0 fully saturated rings. The number of fused-ring (bicyclic) bond motifs is 1. The molecule has 1 heterocycles. The van der Waals surface area contributed by atoms with Crippen LogP contribution < -0.4 is 10.9 Å². The average molecular weight is 361 g/mol. The van der Waals surface area contributed by atoms with Gasteiger partial charge in [-0.1, -0.05) is 32.4 Å². The monoisotopic (exact) mass is 360 g/mol. The molecule has 0 saturated carbocycles. The highest BCUT2D eigenvalue weighted by Gasteiger charge is 2.36. The summed E-state index contributed by atoms with van der Waals surface area (Å²) in [4.78, 5) is 15.3. The summed E-state index contributed by atoms with van der Waals surface area (Å²) in [5.74, 6) is 0. The van der Waals surface area contributed by atoms with Crippen LogP contribution in [0.15, 0.2) is 23.0 Å². The summed E-state index contributed by atoms with van der Waals surface area (Å²) in [5.41, 5.74) is 4.00. The Kier molecular flexibility index (Phi) is 5.92. The van der Waals surface area contributed by atoms with Gasteiger partial charge in [0.25, 0.3) is 5.56 Å². The SMILES string of the molecule is Cc1cc(C)c2[nH]c(=O)c(CNCCO[Si](C)(C)C(C)(C)C)cc2c1. The van der Waals surface area contributed by atoms with Gasteiger partial charge in [0.1, 0.15) is 0 Å². The molecule has 0 atom stereocenters. The number of nitrogens with one attached hydrogen (secondary N) is 2. The molecular weight excluding hydrogens is 328 g/mol. The van der Waals surface area contributed by atoms with Gasteiger partial charge in [0.05, 0.1) is 5.52 Å². The van der Waals surface area contributed by atoms with Crippen LogP contribution in [-0.4, -0.2) is 26.5 Å². The molecule has 2 aromatic rings. The van der Waals surface area contributed by atoms with E-state index in [0.29, 0.717) is 13.2 Å². The van der Waals surface area contributed by atoms with Crippen molar-refractivity contribution in [3.8, 4) is 0 Å². The lowest BCUT2D eigenvalue weighted by atomic mass is 10.1. The molecular formula is C20H32N2O2Si. The molecule has 0 aliphatic carbocycles. The highest BCUT2D eigenvalue weighted by Crippen LogP contribution is 2.36. The molecule has 0 aliphatic heterocycles. The molecule has 2 rings (SSSR count). The van der Waals surface area contributed by atoms with Crippen molar-refractivity contribution < 1.29 is 4.43 Å². The normalized spacial score (nSPS) is 12.8. The number of aryl methyl sites for hydroxylation is 2. The quantitative estimate of drug-likeness (QED) is 0.598. The fourth-order valence-corrected chi connectivity index (χ4v) is 3.73. The van der Waals surface area contributed by atoms with E-state index in [1.165, 1.54) is 5.56 Å². The van der Waals surface area contributed by atoms with Gasteiger partial charge in [0.2, 0.25) is 0 Å². The summed E-state index contributed by atoms with van der Waals surface area (Å²) in [6.45, 7) is 17.3. The van der Waals surface area contributed by atoms with Gasteiger partial charge >= 0.3 is 0 Å². The number of hydrogen-bond acceptors (Lipinski definition) is 3. The lowest BCUT2D eigenvalue weighted by Gasteiger charge is -2.36. The van der Waals surface area contributed by atoms with Crippen LogP contribution in [0.4, 0.5) is 0 Å². The van der Waals surface area contributed by atoms with Gasteiger partial charge in [-0.05, 0) is 55.1 Å². The van der Waals surface area contributed by atoms with Gasteiger partial charge in [-0.15, -0.1) is 0 Å². The second-order valence-corrected chi connectivity index (χ2v) is 13.3. The Morgan fingerprint density at radius 2 is 1.84 bits per heavy atom. The van der Waals surface area contributed by atoms with Gasteiger partial charge in [-0.25, -0.2) is 0 Å². The number of aromatic nitrogens is 1. The molecule has 4 nitrogen and oxygen atoms in total. The van der Waals surface area contributed by atoms with Crippen LogP contribution in [0.2, 0.25) is 18.1 Å². The van der Waals surface area contributed by atoms with Crippen molar-refractivity contribution in [3.05, 3.63) is 45.2 Å². The van der Waals surface area contributed by atoms with Gasteiger partial charge in [0.15, 0.2) is 8.32 Å². The highest BCUT2D eigenvalue weighted by atomic mass is 28.4. The Bertz CT molecular complexity index is 804. The summed E-state index contributed by atoms with van der Waals surface area (Å²) in [6.07, 6.45) is 0. The zero-order valence-electron chi connectivity index (χ0n) is 16.7. The van der Waals surface area contributed by atoms with E-state index in [0.717, 1.165) is 28.6 Å². The zero-order chi connectivity index (χ0) is 18.8. The molecule has 25 heavy (non-hydrogen) atoms. The number of H-pyrrole nitrogens is 1. The maximum absolute atomic E-state index is 12.3. The topological polar surface area (TPSA) is 54.1 Å². The summed E-state index contributed by atoms with van der Waals surface area (Å²) in [5, 5.41) is 4.65. The molecule has 1 aromatic heterocycles. The smallest absolute Gasteiger partial charge is 0.252 e. The average Bonchev–Trinajstić information content (AvgIpc) is 2.47. The third kappa shape index (κ3) is 4.81. The van der Waals surface area contributed by atoms with E-state index < -0.39 is 8.32 Å². The molecule has 0 amide bonds. The number of aromatic amines is 1. The molecule has 138 valence electrons. The van der Waals surface area contributed by atoms with Crippen LogP contribution in [0, 0.1) is 13.8 Å². The van der Waals surface area contributed by atoms with E-state index in [1.807, 2.05) is 13.0 Å².